The third-order valence-electron chi connectivity index (χ3n) is 2.31. The van der Waals surface area contributed by atoms with Crippen LogP contribution in [0.3, 0.4) is 0 Å². The van der Waals surface area contributed by atoms with E-state index in [9.17, 15) is 9.18 Å². The van der Waals surface area contributed by atoms with Gasteiger partial charge in [-0.15, -0.1) is 0 Å². The first-order valence-corrected chi connectivity index (χ1v) is 5.42. The van der Waals surface area contributed by atoms with Gasteiger partial charge in [0.25, 0.3) is 5.91 Å². The Bertz CT molecular complexity index is 365. The Balaban J connectivity index is 2.63. The first kappa shape index (κ1) is 13.6. The number of rotatable bonds is 6. The van der Waals surface area contributed by atoms with Gasteiger partial charge in [0.1, 0.15) is 5.82 Å². The predicted octanol–water partition coefficient (Wildman–Crippen LogP) is 0.919. The van der Waals surface area contributed by atoms with E-state index < -0.39 is 5.82 Å². The summed E-state index contributed by atoms with van der Waals surface area (Å²) in [6, 6.07) is 5.40. The molecule has 0 aliphatic heterocycles. The van der Waals surface area contributed by atoms with Crippen LogP contribution in [0.25, 0.3) is 0 Å². The standard InChI is InChI=1S/C12H17FN2O2/c1-17-8-11(5-6-14)15-12(16)9-3-2-4-10(13)7-9/h2-4,7,11H,5-6,8,14H2,1H3,(H,15,16). The van der Waals surface area contributed by atoms with Gasteiger partial charge in [0.05, 0.1) is 12.6 Å². The lowest BCUT2D eigenvalue weighted by molar-refractivity contribution is 0.0893. The van der Waals surface area contributed by atoms with Gasteiger partial charge in [-0.05, 0) is 31.2 Å². The Morgan fingerprint density at radius 2 is 2.35 bits per heavy atom. The van der Waals surface area contributed by atoms with E-state index in [4.69, 9.17) is 10.5 Å². The summed E-state index contributed by atoms with van der Waals surface area (Å²) < 4.78 is 17.9. The second kappa shape index (κ2) is 6.98. The van der Waals surface area contributed by atoms with Gasteiger partial charge in [0.2, 0.25) is 0 Å². The fourth-order valence-electron chi connectivity index (χ4n) is 1.50. The molecule has 0 saturated heterocycles. The highest BCUT2D eigenvalue weighted by molar-refractivity contribution is 5.94. The molecular formula is C12H17FN2O2. The van der Waals surface area contributed by atoms with Gasteiger partial charge in [-0.3, -0.25) is 4.79 Å². The fraction of sp³-hybridized carbons (Fsp3) is 0.417. The minimum atomic E-state index is -0.431. The first-order chi connectivity index (χ1) is 8.17. The second-order valence-electron chi connectivity index (χ2n) is 3.71. The quantitative estimate of drug-likeness (QED) is 0.777. The van der Waals surface area contributed by atoms with Gasteiger partial charge < -0.3 is 15.8 Å². The van der Waals surface area contributed by atoms with Crippen LogP contribution >= 0.6 is 0 Å². The van der Waals surface area contributed by atoms with E-state index in [1.165, 1.54) is 18.2 Å². The summed E-state index contributed by atoms with van der Waals surface area (Å²) in [5, 5.41) is 2.75. The lowest BCUT2D eigenvalue weighted by Gasteiger charge is -2.17. The minimum Gasteiger partial charge on any atom is -0.383 e. The van der Waals surface area contributed by atoms with Crippen molar-refractivity contribution in [2.45, 2.75) is 12.5 Å². The van der Waals surface area contributed by atoms with Crippen molar-refractivity contribution < 1.29 is 13.9 Å². The fourth-order valence-corrected chi connectivity index (χ4v) is 1.50. The third-order valence-corrected chi connectivity index (χ3v) is 2.31. The van der Waals surface area contributed by atoms with Gasteiger partial charge in [-0.2, -0.15) is 0 Å². The van der Waals surface area contributed by atoms with Crippen LogP contribution in [0.15, 0.2) is 24.3 Å². The van der Waals surface area contributed by atoms with E-state index in [2.05, 4.69) is 5.32 Å². The molecule has 94 valence electrons. The Kier molecular flexibility index (Phi) is 5.59. The van der Waals surface area contributed by atoms with Gasteiger partial charge in [-0.25, -0.2) is 4.39 Å². The van der Waals surface area contributed by atoms with Crippen LogP contribution in [-0.4, -0.2) is 32.2 Å². The number of methoxy groups -OCH3 is 1. The van der Waals surface area contributed by atoms with Crippen LogP contribution < -0.4 is 11.1 Å². The molecule has 17 heavy (non-hydrogen) atoms. The Hall–Kier alpha value is -1.46. The molecule has 3 N–H and O–H groups in total. The number of amides is 1. The largest absolute Gasteiger partial charge is 0.383 e. The van der Waals surface area contributed by atoms with Crippen LogP contribution in [0.1, 0.15) is 16.8 Å². The molecule has 1 rings (SSSR count). The van der Waals surface area contributed by atoms with Crippen molar-refractivity contribution in [2.75, 3.05) is 20.3 Å². The lowest BCUT2D eigenvalue weighted by atomic mass is 10.1. The van der Waals surface area contributed by atoms with E-state index >= 15 is 0 Å². The molecule has 0 saturated carbocycles. The molecule has 0 aliphatic carbocycles. The summed E-state index contributed by atoms with van der Waals surface area (Å²) in [7, 11) is 1.55. The maximum atomic E-state index is 12.9. The number of hydrogen-bond donors (Lipinski definition) is 2. The van der Waals surface area contributed by atoms with Crippen molar-refractivity contribution >= 4 is 5.91 Å². The second-order valence-corrected chi connectivity index (χ2v) is 3.71. The van der Waals surface area contributed by atoms with Gasteiger partial charge >= 0.3 is 0 Å². The van der Waals surface area contributed by atoms with E-state index in [-0.39, 0.29) is 11.9 Å². The zero-order valence-electron chi connectivity index (χ0n) is 9.78. The van der Waals surface area contributed by atoms with Crippen LogP contribution in [-0.2, 0) is 4.74 Å². The van der Waals surface area contributed by atoms with Crippen molar-refractivity contribution in [3.05, 3.63) is 35.6 Å². The molecule has 4 nitrogen and oxygen atoms in total. The molecule has 0 radical (unpaired) electrons. The van der Waals surface area contributed by atoms with Crippen LogP contribution in [0.4, 0.5) is 4.39 Å². The number of nitrogens with one attached hydrogen (secondary N) is 1. The average molecular weight is 240 g/mol. The van der Waals surface area contributed by atoms with E-state index in [0.29, 0.717) is 25.1 Å². The van der Waals surface area contributed by atoms with Crippen molar-refractivity contribution in [3.63, 3.8) is 0 Å². The Morgan fingerprint density at radius 3 is 2.94 bits per heavy atom. The topological polar surface area (TPSA) is 64.3 Å². The van der Waals surface area contributed by atoms with Gasteiger partial charge in [0, 0.05) is 12.7 Å². The monoisotopic (exact) mass is 240 g/mol. The number of carbonyl (C=O) groups excluding carboxylic acids is 1. The molecule has 1 amide bonds. The molecule has 1 aromatic rings. The van der Waals surface area contributed by atoms with Crippen molar-refractivity contribution in [2.24, 2.45) is 5.73 Å². The summed E-state index contributed by atoms with van der Waals surface area (Å²) in [5.41, 5.74) is 5.73. The maximum absolute atomic E-state index is 12.9. The average Bonchev–Trinajstić information content (AvgIpc) is 2.29. The number of nitrogens with two attached hydrogens (primary N) is 1. The molecule has 0 heterocycles. The summed E-state index contributed by atoms with van der Waals surface area (Å²) in [5.74, 6) is -0.750. The van der Waals surface area contributed by atoms with Crippen LogP contribution in [0.2, 0.25) is 0 Å². The van der Waals surface area contributed by atoms with Crippen molar-refractivity contribution in [1.29, 1.82) is 0 Å². The van der Waals surface area contributed by atoms with Crippen molar-refractivity contribution in [1.82, 2.24) is 5.32 Å². The Labute approximate surface area is 100.0 Å². The SMILES string of the molecule is COCC(CCN)NC(=O)c1cccc(F)c1. The number of ether oxygens (including phenoxy) is 1. The summed E-state index contributed by atoms with van der Waals surface area (Å²) in [6.07, 6.45) is 0.620. The summed E-state index contributed by atoms with van der Waals surface area (Å²) in [4.78, 5) is 11.8. The molecule has 1 unspecified atom stereocenters. The molecule has 1 atom stereocenters. The zero-order chi connectivity index (χ0) is 12.7. The molecule has 1 aromatic carbocycles. The molecule has 0 fully saturated rings. The van der Waals surface area contributed by atoms with Gasteiger partial charge in [-0.1, -0.05) is 6.07 Å². The molecule has 0 aliphatic rings. The molecular weight excluding hydrogens is 223 g/mol. The van der Waals surface area contributed by atoms with Crippen LogP contribution in [0.5, 0.6) is 0 Å². The molecule has 0 bridgehead atoms. The minimum absolute atomic E-state index is 0.152. The predicted molar refractivity (Wildman–Crippen MR) is 63.2 cm³/mol. The maximum Gasteiger partial charge on any atom is 0.251 e. The van der Waals surface area contributed by atoms with E-state index in [1.54, 1.807) is 13.2 Å². The third kappa shape index (κ3) is 4.50. The molecule has 0 aromatic heterocycles. The zero-order valence-corrected chi connectivity index (χ0v) is 9.78. The summed E-state index contributed by atoms with van der Waals surface area (Å²) in [6.45, 7) is 0.843. The van der Waals surface area contributed by atoms with Crippen molar-refractivity contribution in [3.8, 4) is 0 Å². The van der Waals surface area contributed by atoms with E-state index in [1.807, 2.05) is 0 Å². The highest BCUT2D eigenvalue weighted by Crippen LogP contribution is 2.04. The lowest BCUT2D eigenvalue weighted by Crippen LogP contribution is -2.39. The van der Waals surface area contributed by atoms with Crippen LogP contribution in [0, 0.1) is 5.82 Å². The normalized spacial score (nSPS) is 12.2. The number of carbonyl (C=O) groups is 1. The van der Waals surface area contributed by atoms with Gasteiger partial charge in [0.15, 0.2) is 0 Å². The van der Waals surface area contributed by atoms with E-state index in [0.717, 1.165) is 0 Å². The first-order valence-electron chi connectivity index (χ1n) is 5.42. The smallest absolute Gasteiger partial charge is 0.251 e. The highest BCUT2D eigenvalue weighted by Gasteiger charge is 2.13. The number of benzene rings is 1. The number of halogens is 1. The Morgan fingerprint density at radius 1 is 1.59 bits per heavy atom. The highest BCUT2D eigenvalue weighted by atomic mass is 19.1. The molecule has 0 spiro atoms. The summed E-state index contributed by atoms with van der Waals surface area (Å²) >= 11 is 0. The molecule has 5 heteroatoms. The number of hydrogen-bond acceptors (Lipinski definition) is 3.